The maximum Gasteiger partial charge on any atom is 0.408 e. The van der Waals surface area contributed by atoms with Crippen LogP contribution in [0.4, 0.5) is 9.18 Å². The van der Waals surface area contributed by atoms with Crippen LogP contribution in [0, 0.1) is 5.82 Å². The van der Waals surface area contributed by atoms with Crippen LogP contribution in [-0.2, 0) is 4.74 Å². The van der Waals surface area contributed by atoms with E-state index in [1.807, 2.05) is 0 Å². The maximum atomic E-state index is 13.8. The molecule has 1 amide bonds. The third kappa shape index (κ3) is 4.15. The average molecular weight is 279 g/mol. The summed E-state index contributed by atoms with van der Waals surface area (Å²) in [6.45, 7) is 7.00. The fraction of sp³-hybridized carbons (Fsp3) is 0.500. The smallest absolute Gasteiger partial charge is 0.408 e. The molecule has 0 heterocycles. The highest BCUT2D eigenvalue weighted by Gasteiger charge is 2.21. The van der Waals surface area contributed by atoms with E-state index in [4.69, 9.17) is 17.3 Å². The van der Waals surface area contributed by atoms with Crippen LogP contribution in [0.15, 0.2) is 12.1 Å². The van der Waals surface area contributed by atoms with Crippen LogP contribution in [0.2, 0.25) is 0 Å². The number of rotatable bonds is 3. The molecule has 2 radical (unpaired) electrons. The molecule has 0 fully saturated rings. The van der Waals surface area contributed by atoms with E-state index >= 15 is 0 Å². The molecule has 1 aromatic carbocycles. The zero-order valence-corrected chi connectivity index (χ0v) is 12.4. The maximum absolute atomic E-state index is 13.8. The first-order valence-corrected chi connectivity index (χ1v) is 6.27. The highest BCUT2D eigenvalue weighted by Crippen LogP contribution is 2.26. The fourth-order valence-corrected chi connectivity index (χ4v) is 1.70. The number of carbonyl (C=O) groups excluding carboxylic acids is 1. The second-order valence-electron chi connectivity index (χ2n) is 5.46. The van der Waals surface area contributed by atoms with E-state index < -0.39 is 23.6 Å². The van der Waals surface area contributed by atoms with Crippen molar-refractivity contribution in [1.82, 2.24) is 5.32 Å². The minimum Gasteiger partial charge on any atom is -0.493 e. The summed E-state index contributed by atoms with van der Waals surface area (Å²) in [7, 11) is 6.83. The zero-order valence-electron chi connectivity index (χ0n) is 12.4. The van der Waals surface area contributed by atoms with Crippen LogP contribution < -0.4 is 15.5 Å². The Morgan fingerprint density at radius 1 is 1.40 bits per heavy atom. The zero-order chi connectivity index (χ0) is 15.5. The molecule has 1 rings (SSSR count). The second kappa shape index (κ2) is 6.16. The summed E-state index contributed by atoms with van der Waals surface area (Å²) in [5.41, 5.74) is -0.111. The molecule has 0 bridgehead atoms. The summed E-state index contributed by atoms with van der Waals surface area (Å²) in [5.74, 6) is -0.614. The molecule has 0 aliphatic carbocycles. The SMILES string of the molecule is [B]c1ccc(C(C)NC(=O)OC(C)(C)C)c(OC)c1F. The molecule has 4 nitrogen and oxygen atoms in total. The Kier molecular flexibility index (Phi) is 5.03. The summed E-state index contributed by atoms with van der Waals surface area (Å²) in [5, 5.41) is 2.63. The van der Waals surface area contributed by atoms with Crippen molar-refractivity contribution in [3.8, 4) is 5.75 Å². The average Bonchev–Trinajstić information content (AvgIpc) is 2.29. The van der Waals surface area contributed by atoms with Crippen LogP contribution >= 0.6 is 0 Å². The number of nitrogens with one attached hydrogen (secondary N) is 1. The van der Waals surface area contributed by atoms with E-state index in [0.717, 1.165) is 0 Å². The summed E-state index contributed by atoms with van der Waals surface area (Å²) in [6.07, 6.45) is -0.579. The van der Waals surface area contributed by atoms with E-state index in [-0.39, 0.29) is 11.2 Å². The number of hydrogen-bond acceptors (Lipinski definition) is 3. The largest absolute Gasteiger partial charge is 0.493 e. The van der Waals surface area contributed by atoms with Gasteiger partial charge in [0.2, 0.25) is 0 Å². The third-order valence-electron chi connectivity index (χ3n) is 2.56. The predicted molar refractivity (Wildman–Crippen MR) is 76.1 cm³/mol. The van der Waals surface area contributed by atoms with Crippen LogP contribution in [0.1, 0.15) is 39.3 Å². The van der Waals surface area contributed by atoms with E-state index in [1.54, 1.807) is 33.8 Å². The highest BCUT2D eigenvalue weighted by atomic mass is 19.1. The van der Waals surface area contributed by atoms with Gasteiger partial charge in [-0.25, -0.2) is 9.18 Å². The quantitative estimate of drug-likeness (QED) is 0.863. The Morgan fingerprint density at radius 2 is 2.00 bits per heavy atom. The van der Waals surface area contributed by atoms with Crippen LogP contribution in [-0.4, -0.2) is 26.7 Å². The number of methoxy groups -OCH3 is 1. The first kappa shape index (κ1) is 16.3. The van der Waals surface area contributed by atoms with E-state index in [2.05, 4.69) is 5.32 Å². The van der Waals surface area contributed by atoms with Gasteiger partial charge in [0.05, 0.1) is 13.2 Å². The van der Waals surface area contributed by atoms with Gasteiger partial charge in [-0.05, 0) is 27.7 Å². The van der Waals surface area contributed by atoms with Gasteiger partial charge in [0.25, 0.3) is 0 Å². The van der Waals surface area contributed by atoms with Crippen LogP contribution in [0.25, 0.3) is 0 Å². The van der Waals surface area contributed by atoms with Crippen molar-refractivity contribution in [2.75, 3.05) is 7.11 Å². The number of halogens is 1. The van der Waals surface area contributed by atoms with Crippen molar-refractivity contribution in [2.45, 2.75) is 39.3 Å². The van der Waals surface area contributed by atoms with Gasteiger partial charge in [-0.2, -0.15) is 0 Å². The molecule has 0 saturated carbocycles. The van der Waals surface area contributed by atoms with E-state index in [1.165, 1.54) is 13.2 Å². The molecule has 0 aliphatic heterocycles. The lowest BCUT2D eigenvalue weighted by Crippen LogP contribution is -2.34. The van der Waals surface area contributed by atoms with Crippen molar-refractivity contribution in [3.63, 3.8) is 0 Å². The molecule has 0 aliphatic rings. The molecule has 20 heavy (non-hydrogen) atoms. The molecule has 1 unspecified atom stereocenters. The monoisotopic (exact) mass is 279 g/mol. The first-order valence-electron chi connectivity index (χ1n) is 6.27. The van der Waals surface area contributed by atoms with Gasteiger partial charge in [0, 0.05) is 5.56 Å². The number of benzene rings is 1. The molecule has 0 spiro atoms. The Bertz CT molecular complexity index is 500. The summed E-state index contributed by atoms with van der Waals surface area (Å²) in [6, 6.07) is 2.56. The van der Waals surface area contributed by atoms with Gasteiger partial charge in [-0.3, -0.25) is 0 Å². The lowest BCUT2D eigenvalue weighted by Gasteiger charge is -2.23. The summed E-state index contributed by atoms with van der Waals surface area (Å²) < 4.78 is 24.0. The molecule has 0 saturated heterocycles. The van der Waals surface area contributed by atoms with Crippen LogP contribution in [0.3, 0.4) is 0 Å². The molecule has 0 aromatic heterocycles. The van der Waals surface area contributed by atoms with Crippen LogP contribution in [0.5, 0.6) is 5.75 Å². The van der Waals surface area contributed by atoms with Gasteiger partial charge in [-0.15, -0.1) is 0 Å². The van der Waals surface area contributed by atoms with Gasteiger partial charge in [0.15, 0.2) is 11.6 Å². The van der Waals surface area contributed by atoms with Crippen molar-refractivity contribution in [3.05, 3.63) is 23.5 Å². The lowest BCUT2D eigenvalue weighted by molar-refractivity contribution is 0.0507. The molecular formula is C14H19BFNO3. The Morgan fingerprint density at radius 3 is 2.50 bits per heavy atom. The lowest BCUT2D eigenvalue weighted by atomic mass is 9.92. The summed E-state index contributed by atoms with van der Waals surface area (Å²) in [4.78, 5) is 11.7. The standard InChI is InChI=1S/C14H19BFNO3/c1-8(17-13(18)20-14(2,3)4)9-6-7-10(15)11(16)12(9)19-5/h6-8H,1-5H3,(H,17,18). The van der Waals surface area contributed by atoms with Crippen molar-refractivity contribution in [1.29, 1.82) is 0 Å². The minimum absolute atomic E-state index is 0.00457. The van der Waals surface area contributed by atoms with Crippen molar-refractivity contribution in [2.24, 2.45) is 0 Å². The number of alkyl carbamates (subject to hydrolysis) is 1. The molecule has 6 heteroatoms. The Hall–Kier alpha value is -1.72. The van der Waals surface area contributed by atoms with Crippen molar-refractivity contribution >= 4 is 19.4 Å². The highest BCUT2D eigenvalue weighted by molar-refractivity contribution is 6.32. The number of ether oxygens (including phenoxy) is 2. The third-order valence-corrected chi connectivity index (χ3v) is 2.56. The second-order valence-corrected chi connectivity index (χ2v) is 5.46. The Balaban J connectivity index is 2.90. The number of hydrogen-bond donors (Lipinski definition) is 1. The van der Waals surface area contributed by atoms with Crippen molar-refractivity contribution < 1.29 is 18.7 Å². The molecular weight excluding hydrogens is 260 g/mol. The summed E-state index contributed by atoms with van der Waals surface area (Å²) >= 11 is 0. The van der Waals surface area contributed by atoms with Gasteiger partial charge in [0.1, 0.15) is 13.4 Å². The van der Waals surface area contributed by atoms with Gasteiger partial charge < -0.3 is 14.8 Å². The minimum atomic E-state index is -0.636. The molecule has 1 atom stereocenters. The number of carbonyl (C=O) groups is 1. The van der Waals surface area contributed by atoms with E-state index in [0.29, 0.717) is 5.56 Å². The van der Waals surface area contributed by atoms with Gasteiger partial charge >= 0.3 is 6.09 Å². The normalized spacial score (nSPS) is 12.7. The van der Waals surface area contributed by atoms with E-state index in [9.17, 15) is 9.18 Å². The Labute approximate surface area is 120 Å². The van der Waals surface area contributed by atoms with Gasteiger partial charge in [-0.1, -0.05) is 17.6 Å². The molecule has 1 aromatic rings. The first-order chi connectivity index (χ1) is 9.15. The molecule has 1 N–H and O–H groups in total. The molecule has 108 valence electrons. The predicted octanol–water partition coefficient (Wildman–Crippen LogP) is 2.21. The number of amides is 1. The topological polar surface area (TPSA) is 47.6 Å². The fourth-order valence-electron chi connectivity index (χ4n) is 1.70.